The number of aromatic nitrogens is 3. The van der Waals surface area contributed by atoms with Crippen LogP contribution in [0.3, 0.4) is 0 Å². The highest BCUT2D eigenvalue weighted by atomic mass is 16.1. The molecule has 0 saturated heterocycles. The highest BCUT2D eigenvalue weighted by molar-refractivity contribution is 5.78. The maximum absolute atomic E-state index is 12.1. The first-order chi connectivity index (χ1) is 9.54. The van der Waals surface area contributed by atoms with Crippen LogP contribution >= 0.6 is 0 Å². The molecule has 0 saturated carbocycles. The Morgan fingerprint density at radius 3 is 2.75 bits per heavy atom. The molecule has 2 rings (SSSR count). The van der Waals surface area contributed by atoms with E-state index in [1.54, 1.807) is 0 Å². The summed E-state index contributed by atoms with van der Waals surface area (Å²) >= 11 is 0. The van der Waals surface area contributed by atoms with Gasteiger partial charge in [0.1, 0.15) is 0 Å². The summed E-state index contributed by atoms with van der Waals surface area (Å²) in [6, 6.07) is 5.53. The maximum atomic E-state index is 12.1. The molecule has 0 bridgehead atoms. The molecule has 20 heavy (non-hydrogen) atoms. The topological polar surface area (TPSA) is 85.3 Å². The first-order valence-corrected chi connectivity index (χ1v) is 6.84. The monoisotopic (exact) mass is 275 g/mol. The van der Waals surface area contributed by atoms with Gasteiger partial charge in [-0.15, -0.1) is 10.2 Å². The number of carbonyl (C=O) groups excluding carboxylic acids is 1. The number of nitrogens with zero attached hydrogens (tertiary/aromatic N) is 3. The summed E-state index contributed by atoms with van der Waals surface area (Å²) in [5, 5.41) is 11.4. The van der Waals surface area contributed by atoms with Crippen molar-refractivity contribution in [3.8, 4) is 0 Å². The Balaban J connectivity index is 2.31. The van der Waals surface area contributed by atoms with Crippen LogP contribution < -0.4 is 11.1 Å². The summed E-state index contributed by atoms with van der Waals surface area (Å²) < 4.78 is 1.90. The third kappa shape index (κ3) is 2.80. The fourth-order valence-corrected chi connectivity index (χ4v) is 2.00. The molecular formula is C14H21N5O. The number of carbonyl (C=O) groups is 1. The van der Waals surface area contributed by atoms with Gasteiger partial charge in [0.05, 0.1) is 6.04 Å². The molecule has 108 valence electrons. The molecule has 2 atom stereocenters. The number of nitrogens with one attached hydrogen (secondary N) is 1. The fraction of sp³-hybridized carbons (Fsp3) is 0.500. The zero-order chi connectivity index (χ0) is 14.7. The van der Waals surface area contributed by atoms with Gasteiger partial charge in [-0.3, -0.25) is 9.20 Å². The third-order valence-corrected chi connectivity index (χ3v) is 3.38. The molecule has 1 amide bonds. The van der Waals surface area contributed by atoms with Crippen LogP contribution in [-0.2, 0) is 4.79 Å². The van der Waals surface area contributed by atoms with Gasteiger partial charge in [0.25, 0.3) is 0 Å². The summed E-state index contributed by atoms with van der Waals surface area (Å²) in [4.78, 5) is 12.1. The van der Waals surface area contributed by atoms with Crippen molar-refractivity contribution in [2.24, 2.45) is 17.6 Å². The number of hydrogen-bond acceptors (Lipinski definition) is 4. The van der Waals surface area contributed by atoms with Gasteiger partial charge in [-0.25, -0.2) is 0 Å². The number of amides is 1. The molecule has 0 aliphatic carbocycles. The second-order valence-electron chi connectivity index (χ2n) is 5.35. The normalized spacial score (nSPS) is 14.4. The lowest BCUT2D eigenvalue weighted by Crippen LogP contribution is -2.38. The quantitative estimate of drug-likeness (QED) is 0.856. The molecule has 0 fully saturated rings. The van der Waals surface area contributed by atoms with Crippen molar-refractivity contribution in [3.63, 3.8) is 0 Å². The lowest BCUT2D eigenvalue weighted by atomic mass is 10.0. The second kappa shape index (κ2) is 6.00. The van der Waals surface area contributed by atoms with Gasteiger partial charge in [-0.05, 0) is 18.1 Å². The van der Waals surface area contributed by atoms with Crippen LogP contribution in [-0.4, -0.2) is 27.0 Å². The van der Waals surface area contributed by atoms with Gasteiger partial charge in [-0.2, -0.15) is 0 Å². The average Bonchev–Trinajstić information content (AvgIpc) is 2.87. The van der Waals surface area contributed by atoms with Crippen LogP contribution in [0.15, 0.2) is 24.4 Å². The fourth-order valence-electron chi connectivity index (χ4n) is 2.00. The molecule has 2 heterocycles. The first-order valence-electron chi connectivity index (χ1n) is 6.84. The summed E-state index contributed by atoms with van der Waals surface area (Å²) in [6.45, 7) is 6.23. The van der Waals surface area contributed by atoms with Gasteiger partial charge in [0.15, 0.2) is 11.5 Å². The summed E-state index contributed by atoms with van der Waals surface area (Å²) in [7, 11) is 0. The van der Waals surface area contributed by atoms with E-state index < -0.39 is 0 Å². The molecule has 0 aliphatic rings. The molecular weight excluding hydrogens is 254 g/mol. The zero-order valence-electron chi connectivity index (χ0n) is 12.1. The van der Waals surface area contributed by atoms with E-state index in [1.807, 2.05) is 49.6 Å². The van der Waals surface area contributed by atoms with E-state index in [4.69, 9.17) is 5.73 Å². The van der Waals surface area contributed by atoms with E-state index in [1.165, 1.54) is 0 Å². The van der Waals surface area contributed by atoms with E-state index >= 15 is 0 Å². The van der Waals surface area contributed by atoms with Crippen molar-refractivity contribution in [1.29, 1.82) is 0 Å². The summed E-state index contributed by atoms with van der Waals surface area (Å²) in [5.74, 6) is 0.680. The van der Waals surface area contributed by atoms with E-state index in [0.29, 0.717) is 6.54 Å². The number of rotatable bonds is 5. The Kier molecular flexibility index (Phi) is 4.34. The SMILES string of the molecule is CC(CN)C(=O)NC(c1nnc2ccccn12)C(C)C. The minimum atomic E-state index is -0.213. The molecule has 0 aromatic carbocycles. The number of fused-ring (bicyclic) bond motifs is 1. The molecule has 0 aliphatic heterocycles. The van der Waals surface area contributed by atoms with Crippen molar-refractivity contribution < 1.29 is 4.79 Å². The Morgan fingerprint density at radius 1 is 1.35 bits per heavy atom. The standard InChI is InChI=1S/C14H21N5O/c1-9(2)12(16-14(20)10(3)8-15)13-18-17-11-6-4-5-7-19(11)13/h4-7,9-10,12H,8,15H2,1-3H3,(H,16,20). The minimum Gasteiger partial charge on any atom is -0.346 e. The van der Waals surface area contributed by atoms with Crippen molar-refractivity contribution in [1.82, 2.24) is 19.9 Å². The zero-order valence-corrected chi connectivity index (χ0v) is 12.1. The van der Waals surface area contributed by atoms with Crippen LogP contribution in [0.25, 0.3) is 5.65 Å². The summed E-state index contributed by atoms with van der Waals surface area (Å²) in [6.07, 6.45) is 1.90. The molecule has 6 heteroatoms. The second-order valence-corrected chi connectivity index (χ2v) is 5.35. The molecule has 2 unspecified atom stereocenters. The molecule has 2 aromatic heterocycles. The third-order valence-electron chi connectivity index (χ3n) is 3.38. The van der Waals surface area contributed by atoms with E-state index in [2.05, 4.69) is 15.5 Å². The van der Waals surface area contributed by atoms with E-state index in [9.17, 15) is 4.79 Å². The summed E-state index contributed by atoms with van der Waals surface area (Å²) in [5.41, 5.74) is 6.31. The van der Waals surface area contributed by atoms with Gasteiger partial charge in [-0.1, -0.05) is 26.8 Å². The predicted molar refractivity (Wildman–Crippen MR) is 76.9 cm³/mol. The smallest absolute Gasteiger partial charge is 0.224 e. The number of hydrogen-bond donors (Lipinski definition) is 2. The largest absolute Gasteiger partial charge is 0.346 e. The highest BCUT2D eigenvalue weighted by Gasteiger charge is 2.25. The molecule has 2 aromatic rings. The predicted octanol–water partition coefficient (Wildman–Crippen LogP) is 1.14. The maximum Gasteiger partial charge on any atom is 0.224 e. The van der Waals surface area contributed by atoms with Gasteiger partial charge < -0.3 is 11.1 Å². The Hall–Kier alpha value is -1.95. The van der Waals surface area contributed by atoms with E-state index in [-0.39, 0.29) is 23.8 Å². The van der Waals surface area contributed by atoms with Crippen LogP contribution in [0.1, 0.15) is 32.6 Å². The van der Waals surface area contributed by atoms with Crippen LogP contribution in [0.2, 0.25) is 0 Å². The molecule has 0 spiro atoms. The lowest BCUT2D eigenvalue weighted by molar-refractivity contribution is -0.125. The first kappa shape index (κ1) is 14.5. The number of pyridine rings is 1. The van der Waals surface area contributed by atoms with Crippen molar-refractivity contribution in [3.05, 3.63) is 30.2 Å². The molecule has 0 radical (unpaired) electrons. The van der Waals surface area contributed by atoms with Gasteiger partial charge in [0.2, 0.25) is 5.91 Å². The van der Waals surface area contributed by atoms with Crippen LogP contribution in [0, 0.1) is 11.8 Å². The van der Waals surface area contributed by atoms with Gasteiger partial charge >= 0.3 is 0 Å². The van der Waals surface area contributed by atoms with E-state index in [0.717, 1.165) is 11.5 Å². The van der Waals surface area contributed by atoms with Crippen molar-refractivity contribution in [2.75, 3.05) is 6.54 Å². The lowest BCUT2D eigenvalue weighted by Gasteiger charge is -2.22. The van der Waals surface area contributed by atoms with Crippen LogP contribution in [0.5, 0.6) is 0 Å². The van der Waals surface area contributed by atoms with Crippen LogP contribution in [0.4, 0.5) is 0 Å². The van der Waals surface area contributed by atoms with Crippen molar-refractivity contribution >= 4 is 11.6 Å². The Labute approximate surface area is 118 Å². The number of nitrogens with two attached hydrogens (primary N) is 1. The van der Waals surface area contributed by atoms with Crippen molar-refractivity contribution in [2.45, 2.75) is 26.8 Å². The Morgan fingerprint density at radius 2 is 2.10 bits per heavy atom. The Bertz CT molecular complexity index is 592. The molecule has 6 nitrogen and oxygen atoms in total. The minimum absolute atomic E-state index is 0.0566. The average molecular weight is 275 g/mol. The van der Waals surface area contributed by atoms with Gasteiger partial charge in [0, 0.05) is 18.7 Å². The highest BCUT2D eigenvalue weighted by Crippen LogP contribution is 2.21. The molecule has 3 N–H and O–H groups in total.